The van der Waals surface area contributed by atoms with E-state index in [0.29, 0.717) is 0 Å². The summed E-state index contributed by atoms with van der Waals surface area (Å²) in [5.41, 5.74) is 0.919. The minimum Gasteiger partial charge on any atom is -0.385 e. The lowest BCUT2D eigenvalue weighted by Crippen LogP contribution is -2.17. The van der Waals surface area contributed by atoms with Crippen LogP contribution in [0.15, 0.2) is 24.3 Å². The summed E-state index contributed by atoms with van der Waals surface area (Å²) in [6.45, 7) is 4.80. The molecule has 0 aliphatic heterocycles. The number of anilines is 1. The molecule has 0 fully saturated rings. The maximum atomic E-state index is 10.5. The third kappa shape index (κ3) is 4.27. The maximum Gasteiger partial charge on any atom is 0.271 e. The van der Waals surface area contributed by atoms with Gasteiger partial charge < -0.3 is 10.6 Å². The highest BCUT2D eigenvalue weighted by molar-refractivity contribution is 5.50. The molecule has 5 nitrogen and oxygen atoms in total. The molecular formula is C11H17N3O2. The second-order valence-corrected chi connectivity index (χ2v) is 3.44. The van der Waals surface area contributed by atoms with Crippen molar-refractivity contribution in [2.24, 2.45) is 0 Å². The normalized spacial score (nSPS) is 10.1. The number of nitro benzene ring substituents is 1. The molecule has 0 atom stereocenters. The van der Waals surface area contributed by atoms with Crippen molar-refractivity contribution < 1.29 is 4.92 Å². The van der Waals surface area contributed by atoms with Crippen molar-refractivity contribution in [2.75, 3.05) is 25.0 Å². The van der Waals surface area contributed by atoms with Gasteiger partial charge in [-0.3, -0.25) is 10.1 Å². The molecule has 88 valence electrons. The molecule has 0 aliphatic rings. The zero-order valence-corrected chi connectivity index (χ0v) is 9.40. The quantitative estimate of drug-likeness (QED) is 0.421. The average molecular weight is 223 g/mol. The van der Waals surface area contributed by atoms with Gasteiger partial charge in [-0.1, -0.05) is 13.0 Å². The first-order chi connectivity index (χ1) is 7.74. The van der Waals surface area contributed by atoms with Crippen LogP contribution in [0.25, 0.3) is 0 Å². The molecule has 1 aromatic carbocycles. The van der Waals surface area contributed by atoms with E-state index in [1.54, 1.807) is 12.1 Å². The molecule has 0 amide bonds. The Labute approximate surface area is 95.0 Å². The van der Waals surface area contributed by atoms with Gasteiger partial charge in [0.15, 0.2) is 0 Å². The number of benzene rings is 1. The Morgan fingerprint density at radius 3 is 2.88 bits per heavy atom. The van der Waals surface area contributed by atoms with E-state index in [2.05, 4.69) is 17.6 Å². The summed E-state index contributed by atoms with van der Waals surface area (Å²) in [4.78, 5) is 10.2. The second-order valence-electron chi connectivity index (χ2n) is 3.44. The van der Waals surface area contributed by atoms with E-state index < -0.39 is 0 Å². The van der Waals surface area contributed by atoms with Crippen LogP contribution in [0.2, 0.25) is 0 Å². The summed E-state index contributed by atoms with van der Waals surface area (Å²) in [5, 5.41) is 16.9. The van der Waals surface area contributed by atoms with Crippen LogP contribution in [0.3, 0.4) is 0 Å². The van der Waals surface area contributed by atoms with Gasteiger partial charge in [0.2, 0.25) is 0 Å². The predicted molar refractivity (Wildman–Crippen MR) is 64.7 cm³/mol. The zero-order chi connectivity index (χ0) is 11.8. The Hall–Kier alpha value is -1.62. The van der Waals surface area contributed by atoms with Gasteiger partial charge in [-0.05, 0) is 25.6 Å². The maximum absolute atomic E-state index is 10.5. The van der Waals surface area contributed by atoms with Gasteiger partial charge in [0.1, 0.15) is 0 Å². The zero-order valence-electron chi connectivity index (χ0n) is 9.40. The van der Waals surface area contributed by atoms with Gasteiger partial charge in [0.05, 0.1) is 4.92 Å². The van der Waals surface area contributed by atoms with Gasteiger partial charge in [-0.15, -0.1) is 0 Å². The van der Waals surface area contributed by atoms with Crippen LogP contribution in [0.4, 0.5) is 11.4 Å². The third-order valence-corrected chi connectivity index (χ3v) is 2.17. The Bertz CT molecular complexity index is 342. The van der Waals surface area contributed by atoms with Crippen molar-refractivity contribution in [3.8, 4) is 0 Å². The Balaban J connectivity index is 2.36. The summed E-state index contributed by atoms with van der Waals surface area (Å²) >= 11 is 0. The molecule has 1 rings (SSSR count). The van der Waals surface area contributed by atoms with E-state index in [-0.39, 0.29) is 10.6 Å². The van der Waals surface area contributed by atoms with Gasteiger partial charge in [0.25, 0.3) is 5.69 Å². The molecule has 0 aromatic heterocycles. The molecule has 0 heterocycles. The highest BCUT2D eigenvalue weighted by Gasteiger charge is 2.04. The molecule has 0 aliphatic carbocycles. The smallest absolute Gasteiger partial charge is 0.271 e. The summed E-state index contributed by atoms with van der Waals surface area (Å²) in [5.74, 6) is 0. The number of non-ortho nitro benzene ring substituents is 1. The fourth-order valence-electron chi connectivity index (χ4n) is 1.35. The lowest BCUT2D eigenvalue weighted by Gasteiger charge is -2.06. The van der Waals surface area contributed by atoms with Gasteiger partial charge in [-0.2, -0.15) is 0 Å². The number of nitrogens with one attached hydrogen (secondary N) is 2. The Morgan fingerprint density at radius 1 is 1.38 bits per heavy atom. The lowest BCUT2D eigenvalue weighted by atomic mass is 10.2. The SMILES string of the molecule is CCNCCCNc1cccc([N+](=O)[O-])c1. The van der Waals surface area contributed by atoms with E-state index in [9.17, 15) is 10.1 Å². The molecule has 0 bridgehead atoms. The second kappa shape index (κ2) is 6.79. The van der Waals surface area contributed by atoms with Gasteiger partial charge in [-0.25, -0.2) is 0 Å². The largest absolute Gasteiger partial charge is 0.385 e. The van der Waals surface area contributed by atoms with E-state index in [0.717, 1.165) is 31.7 Å². The molecule has 1 aromatic rings. The fourth-order valence-corrected chi connectivity index (χ4v) is 1.35. The van der Waals surface area contributed by atoms with E-state index in [1.807, 2.05) is 6.07 Å². The van der Waals surface area contributed by atoms with Crippen LogP contribution in [0, 0.1) is 10.1 Å². The highest BCUT2D eigenvalue weighted by Crippen LogP contribution is 2.16. The van der Waals surface area contributed by atoms with Crippen molar-refractivity contribution >= 4 is 11.4 Å². The minimum absolute atomic E-state index is 0.122. The Kier molecular flexibility index (Phi) is 5.28. The fraction of sp³-hybridized carbons (Fsp3) is 0.455. The summed E-state index contributed by atoms with van der Waals surface area (Å²) in [6.07, 6.45) is 0.997. The van der Waals surface area contributed by atoms with Crippen LogP contribution in [-0.2, 0) is 0 Å². The molecule has 0 unspecified atom stereocenters. The topological polar surface area (TPSA) is 67.2 Å². The van der Waals surface area contributed by atoms with Crippen LogP contribution in [0.1, 0.15) is 13.3 Å². The standard InChI is InChI=1S/C11H17N3O2/c1-2-12-7-4-8-13-10-5-3-6-11(9-10)14(15)16/h3,5-6,9,12-13H,2,4,7-8H2,1H3. The summed E-state index contributed by atoms with van der Waals surface area (Å²) < 4.78 is 0. The Morgan fingerprint density at radius 2 is 2.19 bits per heavy atom. The predicted octanol–water partition coefficient (Wildman–Crippen LogP) is 2.01. The number of hydrogen-bond donors (Lipinski definition) is 2. The molecule has 0 saturated carbocycles. The van der Waals surface area contributed by atoms with Crippen LogP contribution >= 0.6 is 0 Å². The van der Waals surface area contributed by atoms with E-state index in [1.165, 1.54) is 6.07 Å². The average Bonchev–Trinajstić information content (AvgIpc) is 2.29. The minimum atomic E-state index is -0.385. The molecule has 5 heteroatoms. The number of rotatable bonds is 7. The molecule has 2 N–H and O–H groups in total. The van der Waals surface area contributed by atoms with Crippen LogP contribution in [-0.4, -0.2) is 24.6 Å². The van der Waals surface area contributed by atoms with E-state index in [4.69, 9.17) is 0 Å². The van der Waals surface area contributed by atoms with Crippen molar-refractivity contribution in [1.29, 1.82) is 0 Å². The van der Waals surface area contributed by atoms with Crippen molar-refractivity contribution in [2.45, 2.75) is 13.3 Å². The molecule has 0 spiro atoms. The first-order valence-electron chi connectivity index (χ1n) is 5.43. The summed E-state index contributed by atoms with van der Waals surface area (Å²) in [6, 6.07) is 6.56. The monoisotopic (exact) mass is 223 g/mol. The molecule has 0 radical (unpaired) electrons. The van der Waals surface area contributed by atoms with Crippen molar-refractivity contribution in [3.05, 3.63) is 34.4 Å². The van der Waals surface area contributed by atoms with Crippen LogP contribution in [0.5, 0.6) is 0 Å². The van der Waals surface area contributed by atoms with Gasteiger partial charge >= 0.3 is 0 Å². The van der Waals surface area contributed by atoms with Crippen molar-refractivity contribution in [3.63, 3.8) is 0 Å². The number of nitrogens with zero attached hydrogens (tertiary/aromatic N) is 1. The van der Waals surface area contributed by atoms with Crippen molar-refractivity contribution in [1.82, 2.24) is 5.32 Å². The van der Waals surface area contributed by atoms with Gasteiger partial charge in [0, 0.05) is 24.4 Å². The summed E-state index contributed by atoms with van der Waals surface area (Å²) in [7, 11) is 0. The number of hydrogen-bond acceptors (Lipinski definition) is 4. The first-order valence-corrected chi connectivity index (χ1v) is 5.43. The first kappa shape index (κ1) is 12.4. The van der Waals surface area contributed by atoms with E-state index >= 15 is 0 Å². The lowest BCUT2D eigenvalue weighted by molar-refractivity contribution is -0.384. The third-order valence-electron chi connectivity index (χ3n) is 2.17. The molecular weight excluding hydrogens is 206 g/mol. The number of nitro groups is 1. The van der Waals surface area contributed by atoms with Crippen LogP contribution < -0.4 is 10.6 Å². The molecule has 16 heavy (non-hydrogen) atoms. The molecule has 0 saturated heterocycles. The highest BCUT2D eigenvalue weighted by atomic mass is 16.6.